The van der Waals surface area contributed by atoms with Crippen LogP contribution in [-0.2, 0) is 15.8 Å². The Balaban J connectivity index is 1.81. The van der Waals surface area contributed by atoms with Crippen molar-refractivity contribution in [3.05, 3.63) is 70.8 Å². The zero-order valence-electron chi connectivity index (χ0n) is 16.1. The lowest BCUT2D eigenvalue weighted by Gasteiger charge is -2.34. The molecular formula is C21H16F4N4O2. The summed E-state index contributed by atoms with van der Waals surface area (Å²) in [6.07, 6.45) is -3.31. The van der Waals surface area contributed by atoms with Crippen LogP contribution in [0.15, 0.2) is 53.9 Å². The second-order valence-electron chi connectivity index (χ2n) is 7.23. The van der Waals surface area contributed by atoms with Crippen molar-refractivity contribution in [3.63, 3.8) is 0 Å². The Kier molecular flexibility index (Phi) is 4.79. The number of halogens is 4. The molecule has 1 aromatic heterocycles. The van der Waals surface area contributed by atoms with E-state index in [9.17, 15) is 27.2 Å². The van der Waals surface area contributed by atoms with E-state index in [-0.39, 0.29) is 23.4 Å². The maximum atomic E-state index is 14.7. The van der Waals surface area contributed by atoms with Crippen molar-refractivity contribution in [3.8, 4) is 0 Å². The van der Waals surface area contributed by atoms with Crippen molar-refractivity contribution < 1.29 is 27.2 Å². The maximum absolute atomic E-state index is 14.7. The third kappa shape index (κ3) is 3.54. The van der Waals surface area contributed by atoms with Gasteiger partial charge in [0.1, 0.15) is 5.82 Å². The average Bonchev–Trinajstić information content (AvgIpc) is 3.13. The molecule has 31 heavy (non-hydrogen) atoms. The fourth-order valence-electron chi connectivity index (χ4n) is 3.91. The molecule has 2 heterocycles. The van der Waals surface area contributed by atoms with Crippen LogP contribution in [0.1, 0.15) is 30.4 Å². The van der Waals surface area contributed by atoms with Gasteiger partial charge in [0, 0.05) is 35.1 Å². The molecule has 0 spiro atoms. The van der Waals surface area contributed by atoms with Gasteiger partial charge < -0.3 is 5.73 Å². The van der Waals surface area contributed by atoms with Gasteiger partial charge in [-0.25, -0.2) is 4.39 Å². The average molecular weight is 432 g/mol. The summed E-state index contributed by atoms with van der Waals surface area (Å²) in [5.41, 5.74) is 5.56. The Morgan fingerprint density at radius 1 is 1.23 bits per heavy atom. The summed E-state index contributed by atoms with van der Waals surface area (Å²) in [6, 6.07) is 6.80. The van der Waals surface area contributed by atoms with Gasteiger partial charge in [-0.1, -0.05) is 12.1 Å². The van der Waals surface area contributed by atoms with Crippen molar-refractivity contribution in [2.75, 3.05) is 4.90 Å². The summed E-state index contributed by atoms with van der Waals surface area (Å²) in [4.78, 5) is 26.3. The molecule has 10 heteroatoms. The first-order valence-corrected chi connectivity index (χ1v) is 9.21. The van der Waals surface area contributed by atoms with Crippen LogP contribution in [0.4, 0.5) is 23.2 Å². The van der Waals surface area contributed by atoms with Crippen LogP contribution in [-0.4, -0.2) is 22.0 Å². The van der Waals surface area contributed by atoms with Gasteiger partial charge in [-0.05, 0) is 30.7 Å². The molecule has 3 aromatic rings. The third-order valence-corrected chi connectivity index (χ3v) is 5.36. The summed E-state index contributed by atoms with van der Waals surface area (Å²) in [6.45, 7) is 1.45. The number of rotatable bonds is 3. The number of hydrogen-bond acceptors (Lipinski definition) is 3. The molecule has 1 unspecified atom stereocenters. The Hall–Kier alpha value is -3.69. The number of amides is 2. The number of H-pyrrole nitrogens is 1. The standard InChI is InChI=1S/C21H16F4N4O2/c1-10-19(20(26)31)14(11-2-4-13(5-3-11)21(23,24)25)7-18(30)29(10)17-6-12-9-27-28-16(12)8-15(17)22/h2-6,8-9,14H,7H2,1H3,(H2,26,31)(H,27,28). The van der Waals surface area contributed by atoms with E-state index in [2.05, 4.69) is 10.2 Å². The highest BCUT2D eigenvalue weighted by atomic mass is 19.4. The molecule has 1 aliphatic rings. The molecule has 0 fully saturated rings. The lowest BCUT2D eigenvalue weighted by molar-refractivity contribution is -0.137. The topological polar surface area (TPSA) is 92.1 Å². The first kappa shape index (κ1) is 20.6. The minimum atomic E-state index is -4.51. The fourth-order valence-corrected chi connectivity index (χ4v) is 3.91. The van der Waals surface area contributed by atoms with Crippen LogP contribution in [0.2, 0.25) is 0 Å². The van der Waals surface area contributed by atoms with Gasteiger partial charge in [-0.3, -0.25) is 19.6 Å². The van der Waals surface area contributed by atoms with Crippen LogP contribution in [0, 0.1) is 5.82 Å². The number of allylic oxidation sites excluding steroid dienone is 1. The number of nitrogens with zero attached hydrogens (tertiary/aromatic N) is 2. The monoisotopic (exact) mass is 432 g/mol. The third-order valence-electron chi connectivity index (χ3n) is 5.36. The first-order chi connectivity index (χ1) is 14.6. The fraction of sp³-hybridized carbons (Fsp3) is 0.190. The molecule has 2 aromatic carbocycles. The number of aromatic nitrogens is 2. The second-order valence-corrected chi connectivity index (χ2v) is 7.23. The van der Waals surface area contributed by atoms with E-state index < -0.39 is 35.3 Å². The Morgan fingerprint density at radius 3 is 2.52 bits per heavy atom. The van der Waals surface area contributed by atoms with Gasteiger partial charge in [-0.2, -0.15) is 18.3 Å². The first-order valence-electron chi connectivity index (χ1n) is 9.21. The number of fused-ring (bicyclic) bond motifs is 1. The normalized spacial score (nSPS) is 17.5. The van der Waals surface area contributed by atoms with Crippen molar-refractivity contribution in [1.82, 2.24) is 10.2 Å². The number of carbonyl (C=O) groups excluding carboxylic acids is 2. The molecule has 6 nitrogen and oxygen atoms in total. The molecule has 0 bridgehead atoms. The van der Waals surface area contributed by atoms with Crippen molar-refractivity contribution in [2.45, 2.75) is 25.4 Å². The second kappa shape index (κ2) is 7.22. The summed E-state index contributed by atoms with van der Waals surface area (Å²) in [5, 5.41) is 7.01. The number of primary amides is 1. The lowest BCUT2D eigenvalue weighted by Crippen LogP contribution is -2.40. The van der Waals surface area contributed by atoms with E-state index in [4.69, 9.17) is 5.73 Å². The smallest absolute Gasteiger partial charge is 0.366 e. The molecule has 160 valence electrons. The maximum Gasteiger partial charge on any atom is 0.416 e. The molecule has 0 aliphatic carbocycles. The van der Waals surface area contributed by atoms with Crippen LogP contribution in [0.25, 0.3) is 10.9 Å². The van der Waals surface area contributed by atoms with E-state index >= 15 is 0 Å². The van der Waals surface area contributed by atoms with Crippen LogP contribution >= 0.6 is 0 Å². The number of carbonyl (C=O) groups is 2. The van der Waals surface area contributed by atoms with Gasteiger partial charge in [0.2, 0.25) is 11.8 Å². The highest BCUT2D eigenvalue weighted by Crippen LogP contribution is 2.40. The molecular weight excluding hydrogens is 416 g/mol. The molecule has 2 amide bonds. The number of benzene rings is 2. The van der Waals surface area contributed by atoms with Crippen molar-refractivity contribution >= 4 is 28.4 Å². The molecule has 3 N–H and O–H groups in total. The minimum absolute atomic E-state index is 0.0334. The lowest BCUT2D eigenvalue weighted by atomic mass is 9.83. The molecule has 0 saturated heterocycles. The predicted molar refractivity (Wildman–Crippen MR) is 104 cm³/mol. The molecule has 0 radical (unpaired) electrons. The van der Waals surface area contributed by atoms with Gasteiger partial charge >= 0.3 is 6.18 Å². The molecule has 1 aliphatic heterocycles. The number of nitrogens with two attached hydrogens (primary N) is 1. The zero-order valence-corrected chi connectivity index (χ0v) is 16.1. The van der Waals surface area contributed by atoms with Crippen LogP contribution in [0.3, 0.4) is 0 Å². The molecule has 0 saturated carbocycles. The SMILES string of the molecule is CC1=C(C(N)=O)C(c2ccc(C(F)(F)F)cc2)CC(=O)N1c1cc2cn[nH]c2cc1F. The number of alkyl halides is 3. The summed E-state index contributed by atoms with van der Waals surface area (Å²) in [7, 11) is 0. The molecule has 1 atom stereocenters. The number of anilines is 1. The highest BCUT2D eigenvalue weighted by Gasteiger charge is 2.37. The van der Waals surface area contributed by atoms with Gasteiger partial charge in [-0.15, -0.1) is 0 Å². The predicted octanol–water partition coefficient (Wildman–Crippen LogP) is 4.00. The zero-order chi connectivity index (χ0) is 22.5. The summed E-state index contributed by atoms with van der Waals surface area (Å²) in [5.74, 6) is -2.91. The Labute approximate surface area is 173 Å². The van der Waals surface area contributed by atoms with E-state index in [1.54, 1.807) is 0 Å². The van der Waals surface area contributed by atoms with Crippen LogP contribution in [0.5, 0.6) is 0 Å². The van der Waals surface area contributed by atoms with E-state index in [1.807, 2.05) is 0 Å². The summed E-state index contributed by atoms with van der Waals surface area (Å²) >= 11 is 0. The number of nitrogens with one attached hydrogen (secondary N) is 1. The van der Waals surface area contributed by atoms with E-state index in [0.29, 0.717) is 16.5 Å². The quantitative estimate of drug-likeness (QED) is 0.613. The van der Waals surface area contributed by atoms with Crippen LogP contribution < -0.4 is 10.6 Å². The Bertz CT molecular complexity index is 1230. The van der Waals surface area contributed by atoms with Gasteiger partial charge in [0.25, 0.3) is 0 Å². The van der Waals surface area contributed by atoms with Gasteiger partial charge in [0.05, 0.1) is 23.0 Å². The van der Waals surface area contributed by atoms with E-state index in [0.717, 1.165) is 17.0 Å². The Morgan fingerprint density at radius 2 is 1.90 bits per heavy atom. The largest absolute Gasteiger partial charge is 0.416 e. The van der Waals surface area contributed by atoms with Gasteiger partial charge in [0.15, 0.2) is 0 Å². The molecule has 4 rings (SSSR count). The minimum Gasteiger partial charge on any atom is -0.366 e. The number of hydrogen-bond donors (Lipinski definition) is 2. The van der Waals surface area contributed by atoms with Crippen molar-refractivity contribution in [1.29, 1.82) is 0 Å². The number of aromatic amines is 1. The van der Waals surface area contributed by atoms with E-state index in [1.165, 1.54) is 37.4 Å². The summed E-state index contributed by atoms with van der Waals surface area (Å²) < 4.78 is 53.4. The highest BCUT2D eigenvalue weighted by molar-refractivity contribution is 6.06. The van der Waals surface area contributed by atoms with Crippen molar-refractivity contribution in [2.24, 2.45) is 5.73 Å².